The Bertz CT molecular complexity index is 1870. The number of nitrogens with one attached hydrogen (secondary N) is 1. The number of anilines is 1. The summed E-state index contributed by atoms with van der Waals surface area (Å²) in [6.07, 6.45) is -0.306. The molecule has 11 nitrogen and oxygen atoms in total. The maximum Gasteiger partial charge on any atom is 0.433 e. The van der Waals surface area contributed by atoms with Gasteiger partial charge in [0.1, 0.15) is 35.9 Å². The van der Waals surface area contributed by atoms with Gasteiger partial charge in [0.05, 0.1) is 5.52 Å². The number of benzene rings is 1. The van der Waals surface area contributed by atoms with Gasteiger partial charge in [-0.05, 0) is 80.8 Å². The predicted molar refractivity (Wildman–Crippen MR) is 161 cm³/mol. The van der Waals surface area contributed by atoms with Crippen molar-refractivity contribution < 1.29 is 32.7 Å². The van der Waals surface area contributed by atoms with Gasteiger partial charge in [-0.3, -0.25) is 19.1 Å². The number of aryl methyl sites for hydroxylation is 2. The molecule has 1 aromatic carbocycles. The van der Waals surface area contributed by atoms with Gasteiger partial charge in [-0.15, -0.1) is 0 Å². The van der Waals surface area contributed by atoms with E-state index in [0.717, 1.165) is 17.2 Å². The van der Waals surface area contributed by atoms with E-state index < -0.39 is 29.9 Å². The Labute approximate surface area is 261 Å². The Morgan fingerprint density at radius 1 is 1.07 bits per heavy atom. The number of hydrogen-bond acceptors (Lipinski definition) is 8. The van der Waals surface area contributed by atoms with Crippen LogP contribution in [0.3, 0.4) is 0 Å². The number of aliphatic hydroxyl groups excluding tert-OH is 1. The minimum Gasteiger partial charge on any atom is -0.385 e. The maximum absolute atomic E-state index is 13.9. The summed E-state index contributed by atoms with van der Waals surface area (Å²) >= 11 is 0. The number of aliphatic hydroxyl groups is 1. The first-order valence-electron chi connectivity index (χ1n) is 14.9. The monoisotopic (exact) mass is 635 g/mol. The highest BCUT2D eigenvalue weighted by Crippen LogP contribution is 2.43. The van der Waals surface area contributed by atoms with Crippen LogP contribution in [-0.4, -0.2) is 64.4 Å². The molecule has 240 valence electrons. The Balaban J connectivity index is 1.30. The number of Topliss-reactive ketones (excluding diaryl/α,β-unsaturated/α-hetero) is 1. The number of likely N-dealkylation sites (tertiary alicyclic amines) is 1. The van der Waals surface area contributed by atoms with Crippen LogP contribution in [0.25, 0.3) is 22.0 Å². The molecule has 0 spiro atoms. The van der Waals surface area contributed by atoms with Gasteiger partial charge in [-0.1, -0.05) is 6.07 Å². The number of carbonyl (C=O) groups is 3. The van der Waals surface area contributed by atoms with Crippen LogP contribution in [0.2, 0.25) is 0 Å². The number of amides is 2. The molecular weight excluding hydrogens is 603 g/mol. The van der Waals surface area contributed by atoms with E-state index in [1.54, 1.807) is 32.3 Å². The van der Waals surface area contributed by atoms with Gasteiger partial charge in [0, 0.05) is 36.3 Å². The quantitative estimate of drug-likeness (QED) is 0.276. The number of alkyl halides is 3. The summed E-state index contributed by atoms with van der Waals surface area (Å²) in [5.41, 5.74) is 2.13. The molecule has 1 aliphatic carbocycles. The molecule has 6 rings (SSSR count). The molecule has 1 aliphatic heterocycles. The van der Waals surface area contributed by atoms with Crippen LogP contribution in [0.1, 0.15) is 72.3 Å². The van der Waals surface area contributed by atoms with Gasteiger partial charge in [-0.25, -0.2) is 15.0 Å². The smallest absolute Gasteiger partial charge is 0.385 e. The van der Waals surface area contributed by atoms with E-state index in [1.165, 1.54) is 22.6 Å². The van der Waals surface area contributed by atoms with E-state index in [0.29, 0.717) is 41.3 Å². The van der Waals surface area contributed by atoms with Gasteiger partial charge in [0.25, 0.3) is 0 Å². The second kappa shape index (κ2) is 11.6. The number of carbonyl (C=O) groups excluding carboxylic acids is 3. The van der Waals surface area contributed by atoms with Crippen LogP contribution in [0.15, 0.2) is 36.7 Å². The van der Waals surface area contributed by atoms with Gasteiger partial charge in [-0.2, -0.15) is 18.3 Å². The third-order valence-electron chi connectivity index (χ3n) is 8.80. The van der Waals surface area contributed by atoms with E-state index in [9.17, 15) is 32.7 Å². The number of piperidine rings is 1. The average molecular weight is 636 g/mol. The Morgan fingerprint density at radius 2 is 1.78 bits per heavy atom. The van der Waals surface area contributed by atoms with Crippen LogP contribution >= 0.6 is 0 Å². The molecule has 2 bridgehead atoms. The van der Waals surface area contributed by atoms with E-state index in [2.05, 4.69) is 25.4 Å². The molecule has 2 amide bonds. The first-order chi connectivity index (χ1) is 21.7. The SMILES string of the molecule is CC(=O)c1nn(CC(=O)N2[C@H]3CC[C@H](C3)[C@H]2C(=O)Nc2nc(C(F)(F)F)ccc2C)c2c(C)cc(-c3cnc(C(C)O)nc3)cc12. The third-order valence-corrected chi connectivity index (χ3v) is 8.80. The van der Waals surface area contributed by atoms with Crippen LogP contribution in [0, 0.1) is 19.8 Å². The fourth-order valence-electron chi connectivity index (χ4n) is 6.67. The number of pyridine rings is 1. The Hall–Kier alpha value is -4.72. The molecule has 0 radical (unpaired) electrons. The maximum atomic E-state index is 13.9. The van der Waals surface area contributed by atoms with Gasteiger partial charge in [0.15, 0.2) is 11.6 Å². The van der Waals surface area contributed by atoms with Gasteiger partial charge >= 0.3 is 6.18 Å². The minimum absolute atomic E-state index is 0.145. The largest absolute Gasteiger partial charge is 0.433 e. The zero-order valence-electron chi connectivity index (χ0n) is 25.6. The number of aromatic nitrogens is 5. The lowest BCUT2D eigenvalue weighted by molar-refractivity contribution is -0.141. The number of rotatable bonds is 7. The van der Waals surface area contributed by atoms with Gasteiger partial charge < -0.3 is 15.3 Å². The Kier molecular flexibility index (Phi) is 7.87. The molecule has 1 unspecified atom stereocenters. The van der Waals surface area contributed by atoms with Crippen LogP contribution in [0.5, 0.6) is 0 Å². The van der Waals surface area contributed by atoms with E-state index >= 15 is 0 Å². The standard InChI is InChI=1S/C32H32F3N7O4/c1-15-5-8-24(32(33,34)35)38-29(15)39-31(46)28-19-6-7-22(10-19)42(28)25(45)14-41-27-16(2)9-20(11-23(27)26(40-41)17(3)43)21-12-36-30(18(4)44)37-13-21/h5,8-9,11-13,18-19,22,28,44H,6-7,10,14H2,1-4H3,(H,38,39,46)/t18?,19-,22+,28+/m1/s1. The molecule has 4 heterocycles. The fraction of sp³-hybridized carbons (Fsp3) is 0.406. The third kappa shape index (κ3) is 5.61. The number of fused-ring (bicyclic) bond motifs is 3. The molecule has 2 N–H and O–H groups in total. The fourth-order valence-corrected chi connectivity index (χ4v) is 6.67. The van der Waals surface area contributed by atoms with Crippen LogP contribution in [-0.2, 0) is 22.3 Å². The zero-order valence-corrected chi connectivity index (χ0v) is 25.6. The lowest BCUT2D eigenvalue weighted by Crippen LogP contribution is -2.52. The summed E-state index contributed by atoms with van der Waals surface area (Å²) in [6.45, 7) is 6.09. The highest BCUT2D eigenvalue weighted by Gasteiger charge is 2.51. The molecule has 3 aromatic heterocycles. The van der Waals surface area contributed by atoms with Crippen molar-refractivity contribution in [2.45, 2.75) is 77.9 Å². The highest BCUT2D eigenvalue weighted by atomic mass is 19.4. The minimum atomic E-state index is -4.68. The first kappa shape index (κ1) is 31.3. The van der Waals surface area contributed by atoms with Crippen molar-refractivity contribution >= 4 is 34.3 Å². The summed E-state index contributed by atoms with van der Waals surface area (Å²) in [4.78, 5) is 53.7. The predicted octanol–water partition coefficient (Wildman–Crippen LogP) is 4.80. The van der Waals surface area contributed by atoms with Crippen LogP contribution in [0.4, 0.5) is 19.0 Å². The first-order valence-corrected chi connectivity index (χ1v) is 14.9. The lowest BCUT2D eigenvalue weighted by Gasteiger charge is -2.34. The summed E-state index contributed by atoms with van der Waals surface area (Å²) in [6, 6.07) is 4.67. The summed E-state index contributed by atoms with van der Waals surface area (Å²) in [5.74, 6) is -1.33. The van der Waals surface area contributed by atoms with Crippen molar-refractivity contribution in [3.63, 3.8) is 0 Å². The molecule has 2 fully saturated rings. The number of nitrogens with zero attached hydrogens (tertiary/aromatic N) is 6. The molecule has 46 heavy (non-hydrogen) atoms. The molecular formula is C32H32F3N7O4. The molecule has 1 saturated carbocycles. The highest BCUT2D eigenvalue weighted by molar-refractivity contribution is 6.07. The summed E-state index contributed by atoms with van der Waals surface area (Å²) < 4.78 is 41.4. The van der Waals surface area contributed by atoms with Crippen molar-refractivity contribution in [1.82, 2.24) is 29.6 Å². The lowest BCUT2D eigenvalue weighted by atomic mass is 9.97. The van der Waals surface area contributed by atoms with Crippen LogP contribution < -0.4 is 5.32 Å². The average Bonchev–Trinajstić information content (AvgIpc) is 3.71. The van der Waals surface area contributed by atoms with E-state index in [1.807, 2.05) is 13.0 Å². The zero-order chi connectivity index (χ0) is 33.1. The van der Waals surface area contributed by atoms with Crippen molar-refractivity contribution in [2.75, 3.05) is 5.32 Å². The van der Waals surface area contributed by atoms with Crippen molar-refractivity contribution in [3.05, 3.63) is 65.0 Å². The molecule has 4 aromatic rings. The second-order valence-corrected chi connectivity index (χ2v) is 12.1. The normalized spacial score (nSPS) is 19.9. The second-order valence-electron chi connectivity index (χ2n) is 12.1. The molecule has 14 heteroatoms. The molecule has 1 saturated heterocycles. The van der Waals surface area contributed by atoms with Gasteiger partial charge in [0.2, 0.25) is 11.8 Å². The van der Waals surface area contributed by atoms with E-state index in [4.69, 9.17) is 0 Å². The number of hydrogen-bond donors (Lipinski definition) is 2. The number of halogens is 3. The summed E-state index contributed by atoms with van der Waals surface area (Å²) in [7, 11) is 0. The van der Waals surface area contributed by atoms with Crippen molar-refractivity contribution in [2.24, 2.45) is 5.92 Å². The topological polar surface area (TPSA) is 143 Å². The van der Waals surface area contributed by atoms with E-state index in [-0.39, 0.29) is 47.5 Å². The van der Waals surface area contributed by atoms with Crippen molar-refractivity contribution in [3.8, 4) is 11.1 Å². The summed E-state index contributed by atoms with van der Waals surface area (Å²) in [5, 5.41) is 17.4. The molecule has 2 aliphatic rings. The Morgan fingerprint density at radius 3 is 2.43 bits per heavy atom. The number of ketones is 1. The van der Waals surface area contributed by atoms with Crippen molar-refractivity contribution in [1.29, 1.82) is 0 Å². The molecule has 4 atom stereocenters.